The lowest BCUT2D eigenvalue weighted by molar-refractivity contribution is -0.307. The minimum atomic E-state index is -1.34. The lowest BCUT2D eigenvalue weighted by Gasteiger charge is -2.42. The molecule has 7 heteroatoms. The summed E-state index contributed by atoms with van der Waals surface area (Å²) in [5.41, 5.74) is 1.83. The molecular weight excluding hydrogens is 376 g/mol. The minimum absolute atomic E-state index is 0.190. The molecule has 0 aliphatic carbocycles. The lowest BCUT2D eigenvalue weighted by atomic mass is 9.98. The van der Waals surface area contributed by atoms with Crippen LogP contribution in [0, 0.1) is 0 Å². The number of hydrogen-bond donors (Lipinski definition) is 2. The topological polar surface area (TPSA) is 94.5 Å². The molecule has 0 radical (unpaired) electrons. The molecule has 7 nitrogen and oxygen atoms in total. The van der Waals surface area contributed by atoms with E-state index in [4.69, 9.17) is 18.9 Å². The van der Waals surface area contributed by atoms with Crippen LogP contribution in [-0.4, -0.2) is 53.5 Å². The Morgan fingerprint density at radius 3 is 1.93 bits per heavy atom. The number of rotatable bonds is 8. The SMILES string of the molecule is CC(=O)OC[C@H]1O[C@H](O)[C@@H](OCc2ccccc2)[C@@H](OCc2ccccc2)[C@@H]1O. The van der Waals surface area contributed by atoms with Crippen LogP contribution in [0.2, 0.25) is 0 Å². The Balaban J connectivity index is 1.71. The average molecular weight is 402 g/mol. The number of aliphatic hydroxyl groups is 2. The van der Waals surface area contributed by atoms with Gasteiger partial charge in [0.2, 0.25) is 0 Å². The third kappa shape index (κ3) is 6.09. The van der Waals surface area contributed by atoms with Crippen molar-refractivity contribution in [1.82, 2.24) is 0 Å². The first-order valence-corrected chi connectivity index (χ1v) is 9.50. The van der Waals surface area contributed by atoms with Crippen molar-refractivity contribution in [3.05, 3.63) is 71.8 Å². The first-order chi connectivity index (χ1) is 14.0. The molecule has 1 aliphatic heterocycles. The fourth-order valence-electron chi connectivity index (χ4n) is 3.15. The number of carbonyl (C=O) groups is 1. The zero-order valence-electron chi connectivity index (χ0n) is 16.2. The highest BCUT2D eigenvalue weighted by Gasteiger charge is 2.46. The van der Waals surface area contributed by atoms with Crippen LogP contribution in [0.4, 0.5) is 0 Å². The first kappa shape index (κ1) is 21.4. The highest BCUT2D eigenvalue weighted by atomic mass is 16.7. The summed E-state index contributed by atoms with van der Waals surface area (Å²) in [6.07, 6.45) is -5.21. The molecule has 2 aromatic rings. The second-order valence-electron chi connectivity index (χ2n) is 6.88. The summed E-state index contributed by atoms with van der Waals surface area (Å²) in [5, 5.41) is 21.3. The summed E-state index contributed by atoms with van der Waals surface area (Å²) >= 11 is 0. The van der Waals surface area contributed by atoms with Gasteiger partial charge in [-0.2, -0.15) is 0 Å². The van der Waals surface area contributed by atoms with Gasteiger partial charge >= 0.3 is 5.97 Å². The molecule has 2 aromatic carbocycles. The van der Waals surface area contributed by atoms with Crippen molar-refractivity contribution in [2.75, 3.05) is 6.61 Å². The maximum absolute atomic E-state index is 11.1. The second kappa shape index (κ2) is 10.5. The van der Waals surface area contributed by atoms with Gasteiger partial charge in [-0.05, 0) is 11.1 Å². The van der Waals surface area contributed by atoms with Gasteiger partial charge in [-0.15, -0.1) is 0 Å². The molecular formula is C22H26O7. The Kier molecular flexibility index (Phi) is 7.74. The van der Waals surface area contributed by atoms with Gasteiger partial charge in [0.25, 0.3) is 0 Å². The molecule has 0 spiro atoms. The maximum atomic E-state index is 11.1. The second-order valence-corrected chi connectivity index (χ2v) is 6.88. The molecule has 0 bridgehead atoms. The smallest absolute Gasteiger partial charge is 0.302 e. The standard InChI is InChI=1S/C22H26O7/c1-15(23)26-14-18-19(24)20(27-12-16-8-4-2-5-9-16)21(22(25)29-18)28-13-17-10-6-3-7-11-17/h2-11,18-22,24-25H,12-14H2,1H3/t18-,19-,20+,21+,22+/m1/s1. The van der Waals surface area contributed by atoms with E-state index in [0.29, 0.717) is 0 Å². The van der Waals surface area contributed by atoms with Crippen LogP contribution < -0.4 is 0 Å². The summed E-state index contributed by atoms with van der Waals surface area (Å²) in [6.45, 7) is 1.52. The molecule has 2 N–H and O–H groups in total. The molecule has 29 heavy (non-hydrogen) atoms. The summed E-state index contributed by atoms with van der Waals surface area (Å²) in [7, 11) is 0. The van der Waals surface area contributed by atoms with Gasteiger partial charge in [0.05, 0.1) is 13.2 Å². The normalized spacial score (nSPS) is 26.8. The average Bonchev–Trinajstić information content (AvgIpc) is 2.73. The Bertz CT molecular complexity index is 752. The van der Waals surface area contributed by atoms with Crippen molar-refractivity contribution >= 4 is 5.97 Å². The van der Waals surface area contributed by atoms with Crippen LogP contribution >= 0.6 is 0 Å². The fraction of sp³-hybridized carbons (Fsp3) is 0.409. The fourth-order valence-corrected chi connectivity index (χ4v) is 3.15. The summed E-state index contributed by atoms with van der Waals surface area (Å²) < 4.78 is 22.2. The Morgan fingerprint density at radius 2 is 1.41 bits per heavy atom. The van der Waals surface area contributed by atoms with Gasteiger partial charge in [-0.1, -0.05) is 60.7 Å². The Morgan fingerprint density at radius 1 is 0.897 bits per heavy atom. The third-order valence-corrected chi connectivity index (χ3v) is 4.66. The van der Waals surface area contributed by atoms with E-state index in [0.717, 1.165) is 11.1 Å². The molecule has 0 aromatic heterocycles. The van der Waals surface area contributed by atoms with Crippen molar-refractivity contribution in [2.24, 2.45) is 0 Å². The van der Waals surface area contributed by atoms with Crippen LogP contribution in [0.25, 0.3) is 0 Å². The van der Waals surface area contributed by atoms with E-state index in [1.165, 1.54) is 6.92 Å². The molecule has 0 unspecified atom stereocenters. The summed E-state index contributed by atoms with van der Waals surface area (Å²) in [5.74, 6) is -0.500. The highest BCUT2D eigenvalue weighted by molar-refractivity contribution is 5.65. The predicted molar refractivity (Wildman–Crippen MR) is 104 cm³/mol. The molecule has 1 aliphatic rings. The van der Waals surface area contributed by atoms with E-state index in [2.05, 4.69) is 0 Å². The van der Waals surface area contributed by atoms with Crippen molar-refractivity contribution in [1.29, 1.82) is 0 Å². The third-order valence-electron chi connectivity index (χ3n) is 4.66. The van der Waals surface area contributed by atoms with E-state index in [9.17, 15) is 15.0 Å². The van der Waals surface area contributed by atoms with Gasteiger partial charge in [0.15, 0.2) is 6.29 Å². The molecule has 1 saturated heterocycles. The maximum Gasteiger partial charge on any atom is 0.302 e. The number of esters is 1. The summed E-state index contributed by atoms with van der Waals surface area (Å²) in [4.78, 5) is 11.1. The van der Waals surface area contributed by atoms with Gasteiger partial charge in [0, 0.05) is 6.92 Å². The molecule has 156 valence electrons. The van der Waals surface area contributed by atoms with Gasteiger partial charge in [-0.3, -0.25) is 4.79 Å². The number of benzene rings is 2. The number of hydrogen-bond acceptors (Lipinski definition) is 7. The highest BCUT2D eigenvalue weighted by Crippen LogP contribution is 2.27. The molecule has 3 rings (SSSR count). The van der Waals surface area contributed by atoms with E-state index >= 15 is 0 Å². The number of ether oxygens (including phenoxy) is 4. The van der Waals surface area contributed by atoms with Crippen molar-refractivity contribution in [3.63, 3.8) is 0 Å². The lowest BCUT2D eigenvalue weighted by Crippen LogP contribution is -2.60. The monoisotopic (exact) mass is 402 g/mol. The zero-order valence-corrected chi connectivity index (χ0v) is 16.2. The summed E-state index contributed by atoms with van der Waals surface area (Å²) in [6, 6.07) is 19.0. The van der Waals surface area contributed by atoms with E-state index in [1.54, 1.807) is 0 Å². The van der Waals surface area contributed by atoms with Crippen molar-refractivity contribution in [2.45, 2.75) is 50.8 Å². The van der Waals surface area contributed by atoms with Crippen molar-refractivity contribution in [3.8, 4) is 0 Å². The van der Waals surface area contributed by atoms with Gasteiger partial charge < -0.3 is 29.2 Å². The van der Waals surface area contributed by atoms with E-state index < -0.39 is 36.7 Å². The molecule has 5 atom stereocenters. The number of aliphatic hydroxyl groups excluding tert-OH is 2. The zero-order chi connectivity index (χ0) is 20.6. The largest absolute Gasteiger partial charge is 0.463 e. The number of carbonyl (C=O) groups excluding carboxylic acids is 1. The Labute approximate surface area is 169 Å². The molecule has 0 saturated carbocycles. The predicted octanol–water partition coefficient (Wildman–Crippen LogP) is 1.80. The van der Waals surface area contributed by atoms with E-state index in [1.807, 2.05) is 60.7 Å². The van der Waals surface area contributed by atoms with Gasteiger partial charge in [-0.25, -0.2) is 0 Å². The molecule has 1 heterocycles. The minimum Gasteiger partial charge on any atom is -0.463 e. The van der Waals surface area contributed by atoms with E-state index in [-0.39, 0.29) is 19.8 Å². The van der Waals surface area contributed by atoms with Crippen LogP contribution in [0.1, 0.15) is 18.1 Å². The van der Waals surface area contributed by atoms with Gasteiger partial charge in [0.1, 0.15) is 31.0 Å². The van der Waals surface area contributed by atoms with Crippen molar-refractivity contribution < 1.29 is 34.0 Å². The van der Waals surface area contributed by atoms with Crippen LogP contribution in [-0.2, 0) is 37.0 Å². The molecule has 1 fully saturated rings. The first-order valence-electron chi connectivity index (χ1n) is 9.50. The van der Waals surface area contributed by atoms with Crippen LogP contribution in [0.3, 0.4) is 0 Å². The van der Waals surface area contributed by atoms with Crippen LogP contribution in [0.15, 0.2) is 60.7 Å². The van der Waals surface area contributed by atoms with Crippen LogP contribution in [0.5, 0.6) is 0 Å². The Hall–Kier alpha value is -2.29. The quantitative estimate of drug-likeness (QED) is 0.650. The molecule has 0 amide bonds.